The van der Waals surface area contributed by atoms with Crippen LogP contribution in [0.15, 0.2) is 48.2 Å². The molecule has 4 rings (SSSR count). The lowest BCUT2D eigenvalue weighted by Gasteiger charge is -2.22. The first-order valence-electron chi connectivity index (χ1n) is 10.3. The Morgan fingerprint density at radius 3 is 2.70 bits per heavy atom. The quantitative estimate of drug-likeness (QED) is 0.608. The maximum Gasteiger partial charge on any atom is 0.326 e. The van der Waals surface area contributed by atoms with E-state index in [0.717, 1.165) is 34.2 Å². The first-order valence-corrected chi connectivity index (χ1v) is 10.3. The van der Waals surface area contributed by atoms with Gasteiger partial charge in [-0.2, -0.15) is 0 Å². The molecule has 1 atom stereocenters. The van der Waals surface area contributed by atoms with Crippen LogP contribution in [-0.4, -0.2) is 39.5 Å². The molecular formula is C25H26N2O3. The van der Waals surface area contributed by atoms with Gasteiger partial charge in [0, 0.05) is 23.8 Å². The van der Waals surface area contributed by atoms with Gasteiger partial charge in [0.15, 0.2) is 0 Å². The number of benzene rings is 2. The second-order valence-electron chi connectivity index (χ2n) is 8.13. The van der Waals surface area contributed by atoms with Crippen molar-refractivity contribution in [3.8, 4) is 11.1 Å². The molecule has 1 fully saturated rings. The molecule has 1 aliphatic rings. The third-order valence-corrected chi connectivity index (χ3v) is 5.99. The highest BCUT2D eigenvalue weighted by Crippen LogP contribution is 2.30. The van der Waals surface area contributed by atoms with E-state index in [4.69, 9.17) is 0 Å². The van der Waals surface area contributed by atoms with Crippen molar-refractivity contribution >= 4 is 28.9 Å². The highest BCUT2D eigenvalue weighted by molar-refractivity contribution is 5.99. The van der Waals surface area contributed by atoms with Crippen molar-refractivity contribution in [2.75, 3.05) is 6.54 Å². The Hall–Kier alpha value is -3.34. The zero-order chi connectivity index (χ0) is 21.4. The number of H-pyrrole nitrogens is 1. The Bertz CT molecular complexity index is 1170. The average Bonchev–Trinajstić information content (AvgIpc) is 3.38. The van der Waals surface area contributed by atoms with Gasteiger partial charge in [-0.1, -0.05) is 18.2 Å². The summed E-state index contributed by atoms with van der Waals surface area (Å²) >= 11 is 0. The summed E-state index contributed by atoms with van der Waals surface area (Å²) in [6, 6.07) is 12.0. The molecular weight excluding hydrogens is 376 g/mol. The Kier molecular flexibility index (Phi) is 5.20. The van der Waals surface area contributed by atoms with E-state index >= 15 is 0 Å². The number of nitrogens with zero attached hydrogens (tertiary/aromatic N) is 1. The second-order valence-corrected chi connectivity index (χ2v) is 8.13. The van der Waals surface area contributed by atoms with E-state index in [0.29, 0.717) is 18.5 Å². The van der Waals surface area contributed by atoms with Gasteiger partial charge in [-0.05, 0) is 91.1 Å². The molecule has 5 heteroatoms. The first kappa shape index (κ1) is 20.0. The highest BCUT2D eigenvalue weighted by Gasteiger charge is 2.34. The molecule has 0 saturated carbocycles. The standard InChI is InChI=1S/C25H26N2O3/c1-15-13-21(18-6-7-22-19(14-18)8-9-26-22)16(2)11-20(15)12-17(3)24(28)27-10-4-5-23(27)25(29)30/h6-9,11-14,23,26H,4-5,10H2,1-3H3,(H,29,30)/b17-12+/t23-/m0/s1. The monoisotopic (exact) mass is 402 g/mol. The van der Waals surface area contributed by atoms with Gasteiger partial charge >= 0.3 is 5.97 Å². The maximum atomic E-state index is 12.8. The lowest BCUT2D eigenvalue weighted by atomic mass is 9.93. The number of aromatic nitrogens is 1. The number of likely N-dealkylation sites (tertiary alicyclic amines) is 1. The zero-order valence-corrected chi connectivity index (χ0v) is 17.5. The molecule has 1 aromatic heterocycles. The summed E-state index contributed by atoms with van der Waals surface area (Å²) in [5.74, 6) is -1.12. The molecule has 0 bridgehead atoms. The predicted octanol–water partition coefficient (Wildman–Crippen LogP) is 4.93. The molecule has 5 nitrogen and oxygen atoms in total. The van der Waals surface area contributed by atoms with Gasteiger partial charge in [-0.25, -0.2) is 4.79 Å². The minimum Gasteiger partial charge on any atom is -0.480 e. The molecule has 1 saturated heterocycles. The van der Waals surface area contributed by atoms with Crippen molar-refractivity contribution < 1.29 is 14.7 Å². The lowest BCUT2D eigenvalue weighted by molar-refractivity contribution is -0.146. The van der Waals surface area contributed by atoms with Crippen molar-refractivity contribution in [3.63, 3.8) is 0 Å². The van der Waals surface area contributed by atoms with Crippen molar-refractivity contribution in [3.05, 3.63) is 64.9 Å². The summed E-state index contributed by atoms with van der Waals surface area (Å²) in [6.45, 7) is 6.38. The number of aliphatic carboxylic acids is 1. The highest BCUT2D eigenvalue weighted by atomic mass is 16.4. The summed E-state index contributed by atoms with van der Waals surface area (Å²) in [7, 11) is 0. The van der Waals surface area contributed by atoms with Gasteiger partial charge in [-0.3, -0.25) is 4.79 Å². The number of nitrogens with one attached hydrogen (secondary N) is 1. The molecule has 154 valence electrons. The molecule has 2 heterocycles. The summed E-state index contributed by atoms with van der Waals surface area (Å²) in [5, 5.41) is 10.5. The van der Waals surface area contributed by atoms with Crippen LogP contribution in [-0.2, 0) is 9.59 Å². The van der Waals surface area contributed by atoms with Crippen molar-refractivity contribution in [1.29, 1.82) is 0 Å². The van der Waals surface area contributed by atoms with Gasteiger partial charge in [0.05, 0.1) is 0 Å². The topological polar surface area (TPSA) is 73.4 Å². The van der Waals surface area contributed by atoms with Crippen LogP contribution < -0.4 is 0 Å². The Balaban J connectivity index is 1.64. The molecule has 0 radical (unpaired) electrons. The van der Waals surface area contributed by atoms with E-state index in [1.165, 1.54) is 15.8 Å². The molecule has 1 aliphatic heterocycles. The number of hydrogen-bond donors (Lipinski definition) is 2. The minimum absolute atomic E-state index is 0.195. The number of carboxylic acids is 1. The molecule has 0 spiro atoms. The number of amides is 1. The third-order valence-electron chi connectivity index (χ3n) is 5.99. The van der Waals surface area contributed by atoms with Gasteiger partial charge < -0.3 is 15.0 Å². The number of aryl methyl sites for hydroxylation is 2. The minimum atomic E-state index is -0.926. The normalized spacial score (nSPS) is 17.0. The van der Waals surface area contributed by atoms with E-state index in [1.807, 2.05) is 19.2 Å². The molecule has 0 unspecified atom stereocenters. The predicted molar refractivity (Wildman–Crippen MR) is 119 cm³/mol. The fourth-order valence-electron chi connectivity index (χ4n) is 4.31. The number of rotatable bonds is 4. The Morgan fingerprint density at radius 2 is 1.93 bits per heavy atom. The van der Waals surface area contributed by atoms with Crippen LogP contribution in [0.1, 0.15) is 36.5 Å². The summed E-state index contributed by atoms with van der Waals surface area (Å²) in [5.41, 5.74) is 7.20. The number of carboxylic acid groups (broad SMARTS) is 1. The Labute approximate surface area is 176 Å². The molecule has 0 aliphatic carbocycles. The number of hydrogen-bond acceptors (Lipinski definition) is 2. The van der Waals surface area contributed by atoms with Crippen LogP contribution in [0, 0.1) is 13.8 Å². The van der Waals surface area contributed by atoms with E-state index in [1.54, 1.807) is 6.92 Å². The SMILES string of the molecule is C/C(=C\c1cc(C)c(-c2ccc3[nH]ccc3c2)cc1C)C(=O)N1CCC[C@H]1C(=O)O. The number of carbonyl (C=O) groups is 2. The van der Waals surface area contributed by atoms with E-state index in [2.05, 4.69) is 48.3 Å². The van der Waals surface area contributed by atoms with Gasteiger partial charge in [-0.15, -0.1) is 0 Å². The second kappa shape index (κ2) is 7.82. The fraction of sp³-hybridized carbons (Fsp3) is 0.280. The Morgan fingerprint density at radius 1 is 1.13 bits per heavy atom. The van der Waals surface area contributed by atoms with Gasteiger partial charge in [0.2, 0.25) is 5.91 Å². The van der Waals surface area contributed by atoms with Crippen LogP contribution in [0.4, 0.5) is 0 Å². The molecule has 2 N–H and O–H groups in total. The van der Waals surface area contributed by atoms with Crippen LogP contribution in [0.5, 0.6) is 0 Å². The molecule has 3 aromatic rings. The third kappa shape index (κ3) is 3.63. The lowest BCUT2D eigenvalue weighted by Crippen LogP contribution is -2.40. The van der Waals surface area contributed by atoms with Crippen molar-refractivity contribution in [2.24, 2.45) is 0 Å². The average molecular weight is 402 g/mol. The van der Waals surface area contributed by atoms with Crippen molar-refractivity contribution in [1.82, 2.24) is 9.88 Å². The van der Waals surface area contributed by atoms with Crippen LogP contribution >= 0.6 is 0 Å². The fourth-order valence-corrected chi connectivity index (χ4v) is 4.31. The number of aromatic amines is 1. The smallest absolute Gasteiger partial charge is 0.326 e. The molecule has 2 aromatic carbocycles. The summed E-state index contributed by atoms with van der Waals surface area (Å²) < 4.78 is 0. The van der Waals surface area contributed by atoms with Crippen LogP contribution in [0.25, 0.3) is 28.1 Å². The maximum absolute atomic E-state index is 12.8. The largest absolute Gasteiger partial charge is 0.480 e. The van der Waals surface area contributed by atoms with E-state index in [9.17, 15) is 14.7 Å². The van der Waals surface area contributed by atoms with Crippen LogP contribution in [0.3, 0.4) is 0 Å². The molecule has 30 heavy (non-hydrogen) atoms. The first-order chi connectivity index (χ1) is 14.3. The number of carbonyl (C=O) groups excluding carboxylic acids is 1. The van der Waals surface area contributed by atoms with Gasteiger partial charge in [0.1, 0.15) is 6.04 Å². The number of fused-ring (bicyclic) bond motifs is 1. The summed E-state index contributed by atoms with van der Waals surface area (Å²) in [6.07, 6.45) is 5.07. The van der Waals surface area contributed by atoms with Crippen molar-refractivity contribution in [2.45, 2.75) is 39.7 Å². The van der Waals surface area contributed by atoms with Gasteiger partial charge in [0.25, 0.3) is 0 Å². The summed E-state index contributed by atoms with van der Waals surface area (Å²) in [4.78, 5) is 29.0. The van der Waals surface area contributed by atoms with E-state index in [-0.39, 0.29) is 5.91 Å². The zero-order valence-electron chi connectivity index (χ0n) is 17.5. The van der Waals surface area contributed by atoms with E-state index < -0.39 is 12.0 Å². The van der Waals surface area contributed by atoms with Crippen LogP contribution in [0.2, 0.25) is 0 Å². The molecule has 1 amide bonds.